The van der Waals surface area contributed by atoms with Crippen LogP contribution in [0.15, 0.2) is 36.4 Å². The van der Waals surface area contributed by atoms with Gasteiger partial charge in [0.25, 0.3) is 0 Å². The summed E-state index contributed by atoms with van der Waals surface area (Å²) in [4.78, 5) is 10.0. The molecule has 0 amide bonds. The second-order valence-electron chi connectivity index (χ2n) is 6.24. The summed E-state index contributed by atoms with van der Waals surface area (Å²) in [6.45, 7) is 5.04. The van der Waals surface area contributed by atoms with Gasteiger partial charge < -0.3 is 10.1 Å². The molecule has 3 rings (SSSR count). The maximum absolute atomic E-state index is 13.0. The van der Waals surface area contributed by atoms with Crippen LogP contribution in [0.5, 0.6) is 0 Å². The molecule has 1 aliphatic rings. The first-order valence-corrected chi connectivity index (χ1v) is 8.46. The molecule has 0 saturated carbocycles. The lowest BCUT2D eigenvalue weighted by Crippen LogP contribution is -2.40. The SMILES string of the molecule is Cc1cc(C(F)(F)F)nc(NC(CN2CCOCC2)c2ccccc2)n1. The number of halogens is 3. The van der Waals surface area contributed by atoms with E-state index >= 15 is 0 Å². The summed E-state index contributed by atoms with van der Waals surface area (Å²) in [6, 6.07) is 10.3. The number of ether oxygens (including phenoxy) is 1. The second kappa shape index (κ2) is 8.01. The molecule has 1 fully saturated rings. The summed E-state index contributed by atoms with van der Waals surface area (Å²) < 4.78 is 44.5. The first-order chi connectivity index (χ1) is 12.4. The smallest absolute Gasteiger partial charge is 0.379 e. The van der Waals surface area contributed by atoms with Crippen molar-refractivity contribution in [2.45, 2.75) is 19.1 Å². The van der Waals surface area contributed by atoms with Crippen LogP contribution in [-0.2, 0) is 10.9 Å². The van der Waals surface area contributed by atoms with Crippen molar-refractivity contribution < 1.29 is 17.9 Å². The Morgan fingerprint density at radius 2 is 1.85 bits per heavy atom. The van der Waals surface area contributed by atoms with Gasteiger partial charge in [0.2, 0.25) is 5.95 Å². The van der Waals surface area contributed by atoms with Crippen molar-refractivity contribution in [3.63, 3.8) is 0 Å². The molecule has 1 aliphatic heterocycles. The number of morpholine rings is 1. The Balaban J connectivity index is 1.84. The lowest BCUT2D eigenvalue weighted by Gasteiger charge is -2.31. The van der Waals surface area contributed by atoms with Crippen molar-refractivity contribution in [2.75, 3.05) is 38.2 Å². The molecule has 5 nitrogen and oxygen atoms in total. The van der Waals surface area contributed by atoms with E-state index < -0.39 is 11.9 Å². The Labute approximate surface area is 150 Å². The molecule has 0 spiro atoms. The minimum absolute atomic E-state index is 0.0144. The fourth-order valence-corrected chi connectivity index (χ4v) is 2.90. The predicted molar refractivity (Wildman–Crippen MR) is 91.8 cm³/mol. The Bertz CT molecular complexity index is 718. The first-order valence-electron chi connectivity index (χ1n) is 8.46. The Hall–Kier alpha value is -2.19. The van der Waals surface area contributed by atoms with E-state index in [9.17, 15) is 13.2 Å². The zero-order chi connectivity index (χ0) is 18.6. The number of alkyl halides is 3. The van der Waals surface area contributed by atoms with E-state index in [2.05, 4.69) is 20.2 Å². The van der Waals surface area contributed by atoms with E-state index in [1.54, 1.807) is 0 Å². The van der Waals surface area contributed by atoms with Gasteiger partial charge in [-0.15, -0.1) is 0 Å². The van der Waals surface area contributed by atoms with Crippen LogP contribution < -0.4 is 5.32 Å². The van der Waals surface area contributed by atoms with Crippen molar-refractivity contribution in [3.8, 4) is 0 Å². The minimum Gasteiger partial charge on any atom is -0.379 e. The molecule has 1 saturated heterocycles. The zero-order valence-corrected chi connectivity index (χ0v) is 14.5. The summed E-state index contributed by atoms with van der Waals surface area (Å²) in [6.07, 6.45) is -4.50. The topological polar surface area (TPSA) is 50.3 Å². The van der Waals surface area contributed by atoms with E-state index in [1.165, 1.54) is 6.92 Å². The predicted octanol–water partition coefficient (Wildman–Crippen LogP) is 3.29. The van der Waals surface area contributed by atoms with Gasteiger partial charge in [0.05, 0.1) is 19.3 Å². The molecule has 0 aliphatic carbocycles. The first kappa shape index (κ1) is 18.6. The van der Waals surface area contributed by atoms with Gasteiger partial charge in [-0.1, -0.05) is 30.3 Å². The van der Waals surface area contributed by atoms with Crippen LogP contribution >= 0.6 is 0 Å². The van der Waals surface area contributed by atoms with Crippen LogP contribution in [0, 0.1) is 6.92 Å². The summed E-state index contributed by atoms with van der Waals surface area (Å²) >= 11 is 0. The molecule has 0 bridgehead atoms. The average Bonchev–Trinajstić information content (AvgIpc) is 2.62. The molecule has 140 valence electrons. The quantitative estimate of drug-likeness (QED) is 0.880. The third kappa shape index (κ3) is 4.92. The number of hydrogen-bond donors (Lipinski definition) is 1. The number of nitrogens with zero attached hydrogens (tertiary/aromatic N) is 3. The molecule has 1 atom stereocenters. The molecule has 1 aromatic carbocycles. The maximum atomic E-state index is 13.0. The van der Waals surface area contributed by atoms with Crippen LogP contribution in [0.4, 0.5) is 19.1 Å². The van der Waals surface area contributed by atoms with Gasteiger partial charge in [-0.25, -0.2) is 9.97 Å². The molecular formula is C18H21F3N4O. The highest BCUT2D eigenvalue weighted by molar-refractivity contribution is 5.34. The number of rotatable bonds is 5. The molecule has 2 heterocycles. The Morgan fingerprint density at radius 1 is 1.15 bits per heavy atom. The van der Waals surface area contributed by atoms with Gasteiger partial charge in [-0.3, -0.25) is 4.90 Å². The van der Waals surface area contributed by atoms with Crippen molar-refractivity contribution in [1.29, 1.82) is 0 Å². The van der Waals surface area contributed by atoms with Gasteiger partial charge in [0.1, 0.15) is 5.69 Å². The largest absolute Gasteiger partial charge is 0.433 e. The van der Waals surface area contributed by atoms with E-state index in [4.69, 9.17) is 4.74 Å². The fraction of sp³-hybridized carbons (Fsp3) is 0.444. The molecule has 1 N–H and O–H groups in total. The number of aryl methyl sites for hydroxylation is 1. The number of nitrogens with one attached hydrogen (secondary N) is 1. The van der Waals surface area contributed by atoms with E-state index in [0.717, 1.165) is 24.7 Å². The number of hydrogen-bond acceptors (Lipinski definition) is 5. The summed E-state index contributed by atoms with van der Waals surface area (Å²) in [5.41, 5.74) is 0.302. The van der Waals surface area contributed by atoms with Gasteiger partial charge in [-0.05, 0) is 18.6 Å². The van der Waals surface area contributed by atoms with Crippen molar-refractivity contribution in [1.82, 2.24) is 14.9 Å². The van der Waals surface area contributed by atoms with Crippen LogP contribution in [-0.4, -0.2) is 47.7 Å². The molecule has 1 aromatic heterocycles. The average molecular weight is 366 g/mol. The molecular weight excluding hydrogens is 345 g/mol. The van der Waals surface area contributed by atoms with Gasteiger partial charge in [0, 0.05) is 25.3 Å². The maximum Gasteiger partial charge on any atom is 0.433 e. The molecule has 1 unspecified atom stereocenters. The molecule has 0 radical (unpaired) electrons. The third-order valence-electron chi connectivity index (χ3n) is 4.19. The van der Waals surface area contributed by atoms with Gasteiger partial charge in [-0.2, -0.15) is 13.2 Å². The van der Waals surface area contributed by atoms with Crippen LogP contribution in [0.3, 0.4) is 0 Å². The summed E-state index contributed by atoms with van der Waals surface area (Å²) in [7, 11) is 0. The second-order valence-corrected chi connectivity index (χ2v) is 6.24. The molecule has 2 aromatic rings. The highest BCUT2D eigenvalue weighted by atomic mass is 19.4. The van der Waals surface area contributed by atoms with Crippen LogP contribution in [0.1, 0.15) is 23.0 Å². The van der Waals surface area contributed by atoms with E-state index in [-0.39, 0.29) is 17.7 Å². The Kier molecular flexibility index (Phi) is 5.73. The van der Waals surface area contributed by atoms with E-state index in [1.807, 2.05) is 30.3 Å². The zero-order valence-electron chi connectivity index (χ0n) is 14.5. The lowest BCUT2D eigenvalue weighted by atomic mass is 10.1. The molecule has 8 heteroatoms. The number of anilines is 1. The fourth-order valence-electron chi connectivity index (χ4n) is 2.90. The van der Waals surface area contributed by atoms with Crippen LogP contribution in [0.25, 0.3) is 0 Å². The highest BCUT2D eigenvalue weighted by Gasteiger charge is 2.33. The third-order valence-corrected chi connectivity index (χ3v) is 4.19. The summed E-state index contributed by atoms with van der Waals surface area (Å²) in [5, 5.41) is 3.09. The van der Waals surface area contributed by atoms with Gasteiger partial charge >= 0.3 is 6.18 Å². The highest BCUT2D eigenvalue weighted by Crippen LogP contribution is 2.29. The van der Waals surface area contributed by atoms with Crippen LogP contribution in [0.2, 0.25) is 0 Å². The van der Waals surface area contributed by atoms with Crippen molar-refractivity contribution in [3.05, 3.63) is 53.3 Å². The molecule has 26 heavy (non-hydrogen) atoms. The van der Waals surface area contributed by atoms with E-state index in [0.29, 0.717) is 19.8 Å². The Morgan fingerprint density at radius 3 is 2.50 bits per heavy atom. The number of benzene rings is 1. The minimum atomic E-state index is -4.50. The number of aromatic nitrogens is 2. The monoisotopic (exact) mass is 366 g/mol. The van der Waals surface area contributed by atoms with Crippen molar-refractivity contribution >= 4 is 5.95 Å². The van der Waals surface area contributed by atoms with Crippen molar-refractivity contribution in [2.24, 2.45) is 0 Å². The standard InChI is InChI=1S/C18H21F3N4O/c1-13-11-16(18(19,20)21)24-17(22-13)23-15(14-5-3-2-4-6-14)12-25-7-9-26-10-8-25/h2-6,11,15H,7-10,12H2,1H3,(H,22,23,24). The van der Waals surface area contributed by atoms with Gasteiger partial charge in [0.15, 0.2) is 0 Å². The normalized spacial score (nSPS) is 17.1. The lowest BCUT2D eigenvalue weighted by molar-refractivity contribution is -0.141. The summed E-state index contributed by atoms with van der Waals surface area (Å²) in [5.74, 6) is -0.0144.